The molecule has 1 saturated heterocycles. The first-order valence-electron chi connectivity index (χ1n) is 8.07. The highest BCUT2D eigenvalue weighted by Crippen LogP contribution is 2.37. The molecule has 0 atom stereocenters. The maximum atomic E-state index is 13.0. The number of nitrogens with zero attached hydrogens (tertiary/aromatic N) is 2. The Kier molecular flexibility index (Phi) is 5.71. The first kappa shape index (κ1) is 20.3. The molecular weight excluding hydrogens is 411 g/mol. The predicted molar refractivity (Wildman–Crippen MR) is 108 cm³/mol. The van der Waals surface area contributed by atoms with Crippen molar-refractivity contribution in [1.29, 1.82) is 0 Å². The molecule has 0 bridgehead atoms. The Bertz CT molecular complexity index is 969. The molecule has 0 aromatic heterocycles. The van der Waals surface area contributed by atoms with E-state index in [1.54, 1.807) is 6.08 Å². The number of alkyl halides is 3. The average molecular weight is 426 g/mol. The number of anilines is 1. The maximum Gasteiger partial charge on any atom is 0.417 e. The number of aliphatic imine (C=N–C) groups is 1. The van der Waals surface area contributed by atoms with Gasteiger partial charge >= 0.3 is 6.18 Å². The summed E-state index contributed by atoms with van der Waals surface area (Å²) in [5.74, 6) is -0.356. The largest absolute Gasteiger partial charge is 0.417 e. The third-order valence-corrected chi connectivity index (χ3v) is 5.08. The van der Waals surface area contributed by atoms with Gasteiger partial charge in [-0.1, -0.05) is 23.7 Å². The van der Waals surface area contributed by atoms with Crippen molar-refractivity contribution in [2.75, 3.05) is 19.0 Å². The highest BCUT2D eigenvalue weighted by atomic mass is 35.5. The van der Waals surface area contributed by atoms with Crippen LogP contribution in [0.4, 0.5) is 24.5 Å². The first-order chi connectivity index (χ1) is 13.1. The van der Waals surface area contributed by atoms with Crippen LogP contribution in [0.3, 0.4) is 0 Å². The number of hydrogen-bond donors (Lipinski definition) is 1. The Morgan fingerprint density at radius 2 is 1.82 bits per heavy atom. The zero-order chi connectivity index (χ0) is 20.5. The quantitative estimate of drug-likeness (QED) is 0.677. The molecule has 146 valence electrons. The predicted octanol–water partition coefficient (Wildman–Crippen LogP) is 5.32. The number of nitrogens with one attached hydrogen (secondary N) is 1. The van der Waals surface area contributed by atoms with Gasteiger partial charge in [0.15, 0.2) is 5.17 Å². The topological polar surface area (TPSA) is 44.7 Å². The molecule has 0 radical (unpaired) electrons. The second-order valence-electron chi connectivity index (χ2n) is 6.13. The molecule has 2 aromatic rings. The number of amides is 1. The van der Waals surface area contributed by atoms with E-state index >= 15 is 0 Å². The van der Waals surface area contributed by atoms with Gasteiger partial charge in [0.05, 0.1) is 21.2 Å². The molecule has 1 aliphatic heterocycles. The van der Waals surface area contributed by atoms with Crippen LogP contribution in [0.25, 0.3) is 6.08 Å². The SMILES string of the molecule is CN(C)c1ccc(/C=C2\SC(=Nc3ccc(Cl)c(C(F)(F)F)c3)NC2=O)cc1. The molecule has 28 heavy (non-hydrogen) atoms. The fourth-order valence-electron chi connectivity index (χ4n) is 2.42. The van der Waals surface area contributed by atoms with Gasteiger partial charge in [0.25, 0.3) is 5.91 Å². The minimum Gasteiger partial charge on any atom is -0.378 e. The van der Waals surface area contributed by atoms with Crippen LogP contribution >= 0.6 is 23.4 Å². The van der Waals surface area contributed by atoms with Gasteiger partial charge in [0.2, 0.25) is 0 Å². The molecule has 1 aliphatic rings. The summed E-state index contributed by atoms with van der Waals surface area (Å²) >= 11 is 6.67. The van der Waals surface area contributed by atoms with Crippen molar-refractivity contribution in [3.8, 4) is 0 Å². The lowest BCUT2D eigenvalue weighted by Crippen LogP contribution is -2.19. The highest BCUT2D eigenvalue weighted by Gasteiger charge is 2.33. The van der Waals surface area contributed by atoms with Crippen molar-refractivity contribution in [3.05, 3.63) is 63.5 Å². The van der Waals surface area contributed by atoms with E-state index in [2.05, 4.69) is 10.3 Å². The molecule has 0 aliphatic carbocycles. The number of benzene rings is 2. The monoisotopic (exact) mass is 425 g/mol. The van der Waals surface area contributed by atoms with E-state index in [0.29, 0.717) is 4.91 Å². The van der Waals surface area contributed by atoms with Crippen molar-refractivity contribution >= 4 is 51.9 Å². The van der Waals surface area contributed by atoms with Gasteiger partial charge in [-0.15, -0.1) is 0 Å². The van der Waals surface area contributed by atoms with Gasteiger partial charge < -0.3 is 10.2 Å². The number of carbonyl (C=O) groups is 1. The van der Waals surface area contributed by atoms with Gasteiger partial charge in [0.1, 0.15) is 0 Å². The van der Waals surface area contributed by atoms with Crippen LogP contribution < -0.4 is 10.2 Å². The minimum atomic E-state index is -4.58. The van der Waals surface area contributed by atoms with Crippen LogP contribution in [0.2, 0.25) is 5.02 Å². The maximum absolute atomic E-state index is 13.0. The summed E-state index contributed by atoms with van der Waals surface area (Å²) in [5.41, 5.74) is 0.935. The van der Waals surface area contributed by atoms with E-state index in [-0.39, 0.29) is 16.8 Å². The van der Waals surface area contributed by atoms with E-state index < -0.39 is 16.8 Å². The van der Waals surface area contributed by atoms with Crippen LogP contribution in [0, 0.1) is 0 Å². The molecule has 0 unspecified atom stereocenters. The number of thioether (sulfide) groups is 1. The fourth-order valence-corrected chi connectivity index (χ4v) is 3.48. The van der Waals surface area contributed by atoms with E-state index in [1.165, 1.54) is 6.07 Å². The molecule has 0 saturated carbocycles. The Balaban J connectivity index is 1.82. The van der Waals surface area contributed by atoms with E-state index in [4.69, 9.17) is 11.6 Å². The number of amidine groups is 1. The summed E-state index contributed by atoms with van der Waals surface area (Å²) in [5, 5.41) is 2.36. The summed E-state index contributed by atoms with van der Waals surface area (Å²) in [6.07, 6.45) is -2.88. The Morgan fingerprint density at radius 3 is 2.43 bits per heavy atom. The molecule has 1 heterocycles. The van der Waals surface area contributed by atoms with Gasteiger partial charge in [-0.25, -0.2) is 4.99 Å². The summed E-state index contributed by atoms with van der Waals surface area (Å²) < 4.78 is 38.9. The smallest absolute Gasteiger partial charge is 0.378 e. The Morgan fingerprint density at radius 1 is 1.14 bits per heavy atom. The molecular formula is C19H15ClF3N3OS. The third-order valence-electron chi connectivity index (χ3n) is 3.84. The summed E-state index contributed by atoms with van der Waals surface area (Å²) in [7, 11) is 3.86. The van der Waals surface area contributed by atoms with Gasteiger partial charge in [0, 0.05) is 19.8 Å². The zero-order valence-corrected chi connectivity index (χ0v) is 16.4. The lowest BCUT2D eigenvalue weighted by Gasteiger charge is -2.11. The molecule has 9 heteroatoms. The molecule has 2 aromatic carbocycles. The lowest BCUT2D eigenvalue weighted by molar-refractivity contribution is -0.137. The minimum absolute atomic E-state index is 0.0520. The standard InChI is InChI=1S/C19H15ClF3N3OS/c1-26(2)13-6-3-11(4-7-13)9-16-17(27)25-18(28-16)24-12-5-8-15(20)14(10-12)19(21,22)23/h3-10H,1-2H3,(H,24,25,27)/b16-9-. The highest BCUT2D eigenvalue weighted by molar-refractivity contribution is 8.18. The molecule has 1 amide bonds. The van der Waals surface area contributed by atoms with Crippen molar-refractivity contribution in [3.63, 3.8) is 0 Å². The second-order valence-corrected chi connectivity index (χ2v) is 7.57. The average Bonchev–Trinajstić information content (AvgIpc) is 2.95. The van der Waals surface area contributed by atoms with Crippen LogP contribution in [-0.4, -0.2) is 25.2 Å². The fraction of sp³-hybridized carbons (Fsp3) is 0.158. The Hall–Kier alpha value is -2.45. The van der Waals surface area contributed by atoms with E-state index in [1.807, 2.05) is 43.3 Å². The van der Waals surface area contributed by atoms with Crippen LogP contribution in [-0.2, 0) is 11.0 Å². The van der Waals surface area contributed by atoms with E-state index in [9.17, 15) is 18.0 Å². The van der Waals surface area contributed by atoms with Crippen LogP contribution in [0.5, 0.6) is 0 Å². The molecule has 0 spiro atoms. The van der Waals surface area contributed by atoms with Crippen LogP contribution in [0.15, 0.2) is 52.4 Å². The molecule has 1 fully saturated rings. The van der Waals surface area contributed by atoms with Crippen molar-refractivity contribution in [1.82, 2.24) is 5.32 Å². The summed E-state index contributed by atoms with van der Waals surface area (Å²) in [4.78, 5) is 18.6. The van der Waals surface area contributed by atoms with Gasteiger partial charge in [-0.2, -0.15) is 13.2 Å². The molecule has 4 nitrogen and oxygen atoms in total. The second kappa shape index (κ2) is 7.89. The number of rotatable bonds is 3. The zero-order valence-electron chi connectivity index (χ0n) is 14.8. The summed E-state index contributed by atoms with van der Waals surface area (Å²) in [6, 6.07) is 10.9. The molecule has 3 rings (SSSR count). The molecule has 1 N–H and O–H groups in total. The van der Waals surface area contributed by atoms with Crippen molar-refractivity contribution in [2.45, 2.75) is 6.18 Å². The number of halogens is 4. The normalized spacial score (nSPS) is 17.3. The first-order valence-corrected chi connectivity index (χ1v) is 9.26. The number of carbonyl (C=O) groups excluding carboxylic acids is 1. The summed E-state index contributed by atoms with van der Waals surface area (Å²) in [6.45, 7) is 0. The Labute approximate surface area is 169 Å². The van der Waals surface area contributed by atoms with Crippen LogP contribution in [0.1, 0.15) is 11.1 Å². The lowest BCUT2D eigenvalue weighted by atomic mass is 10.2. The van der Waals surface area contributed by atoms with Crippen molar-refractivity contribution < 1.29 is 18.0 Å². The van der Waals surface area contributed by atoms with Gasteiger partial charge in [-0.3, -0.25) is 4.79 Å². The van der Waals surface area contributed by atoms with Crippen molar-refractivity contribution in [2.24, 2.45) is 4.99 Å². The van der Waals surface area contributed by atoms with E-state index in [0.717, 1.165) is 35.1 Å². The van der Waals surface area contributed by atoms with Gasteiger partial charge in [-0.05, 0) is 53.7 Å². The third kappa shape index (κ3) is 4.69. The number of hydrogen-bond acceptors (Lipinski definition) is 4.